The van der Waals surface area contributed by atoms with Gasteiger partial charge in [-0.15, -0.1) is 0 Å². The number of guanidine groups is 2. The first-order chi connectivity index (χ1) is 60.6. The summed E-state index contributed by atoms with van der Waals surface area (Å²) in [7, 11) is 3.75. The second kappa shape index (κ2) is 55.9. The van der Waals surface area contributed by atoms with Crippen molar-refractivity contribution < 1.29 is 85.4 Å². The molecule has 6 aromatic rings. The van der Waals surface area contributed by atoms with Gasteiger partial charge < -0.3 is 91.1 Å². The molecule has 0 aliphatic carbocycles. The van der Waals surface area contributed by atoms with Crippen LogP contribution in [-0.4, -0.2) is 159 Å². The monoisotopic (exact) mass is 1710 g/mol. The number of ether oxygens (including phenoxy) is 3. The van der Waals surface area contributed by atoms with Crippen molar-refractivity contribution in [2.24, 2.45) is 73.8 Å². The molecule has 0 aliphatic rings. The summed E-state index contributed by atoms with van der Waals surface area (Å²) >= 11 is 3.58. The third-order valence-corrected chi connectivity index (χ3v) is 19.2. The van der Waals surface area contributed by atoms with E-state index in [4.69, 9.17) is 61.2 Å². The standard InChI is InChI=1S/C47H65N7O9.C42H57N7O7.BS.BH/c1-30-23-36(55)24-31(2)37(30)26-35(28-41(57)39(20-14-22-51-44(49)50)54-46(61)62-29-33-17-10-7-11-18-33)43(59)53-38(19-12-13-21-52-45(60)63-47(3,4)5)40(56)27-34(42(48)58)25-32-15-8-6-9-16-32;1-27-20-33(50)21-28(2)34(27)23-32(25-38(52)36(17-11-19-47-41(45)46)49-42(55)56-26-30-14-7-4-8-15-30)40(54)48-35(16-9-10-18-43)37(51)24-31(39(44)53)22-29-12-5-3-6-13-29;1-2;/h6-11,15-18,23-24,34-35,38-39,55H,12-14,19-22,25-29H2,1-5H3,(H2,48,58)(H,52,60)(H,53,59)(H,54,61)(H4,49,50,51);3-8,12-15,20-21,31-32,35-36,50H,9-11,16-19,22-26,43H2,1-2H3,(H2,44,53)(H,48,54)(H,49,55)(H4,45,46,47);;1H/t34-,35-,38+,39-;31-,32-,35+,36-;;/m11../s1/i21D2,38D;18D2,35D;;1T. The van der Waals surface area contributed by atoms with E-state index in [1.54, 1.807) is 164 Å². The molecule has 0 bridgehead atoms. The van der Waals surface area contributed by atoms with E-state index in [1.807, 2.05) is 6.07 Å². The van der Waals surface area contributed by atoms with Crippen LogP contribution < -0.4 is 66.7 Å². The summed E-state index contributed by atoms with van der Waals surface area (Å²) in [4.78, 5) is 158. The van der Waals surface area contributed by atoms with Crippen LogP contribution in [0.25, 0.3) is 0 Å². The van der Waals surface area contributed by atoms with Crippen LogP contribution in [0.4, 0.5) is 14.4 Å². The zero-order chi connectivity index (χ0) is 97.0. The number of hydrogen-bond donors (Lipinski definition) is 14. The number of aryl methyl sites for hydroxylation is 4. The second-order valence-electron chi connectivity index (χ2n) is 30.2. The molecule has 30 nitrogen and oxygen atoms in total. The summed E-state index contributed by atoms with van der Waals surface area (Å²) in [6.45, 7) is 11.4. The van der Waals surface area contributed by atoms with Gasteiger partial charge in [-0.2, -0.15) is 0 Å². The Morgan fingerprint density at radius 3 is 1.11 bits per heavy atom. The second-order valence-corrected chi connectivity index (χ2v) is 30.2. The minimum atomic E-state index is -2.50. The number of aliphatic imine (C=N–C) groups is 2. The number of nitrogens with zero attached hydrogens (tertiary/aromatic N) is 2. The fourth-order valence-electron chi connectivity index (χ4n) is 13.1. The Morgan fingerprint density at radius 1 is 0.467 bits per heavy atom. The number of rotatable bonds is 49. The minimum absolute atomic E-state index is 0.00470. The maximum absolute atomic E-state index is 14.7. The van der Waals surface area contributed by atoms with Crippen LogP contribution in [0.1, 0.15) is 175 Å². The fourth-order valence-corrected chi connectivity index (χ4v) is 13.1. The first-order valence-electron chi connectivity index (χ1n) is 43.3. The van der Waals surface area contributed by atoms with Crippen LogP contribution >= 0.6 is 12.1 Å². The van der Waals surface area contributed by atoms with Gasteiger partial charge in [0.1, 0.15) is 30.3 Å². The third kappa shape index (κ3) is 40.9. The summed E-state index contributed by atoms with van der Waals surface area (Å²) < 4.78 is 72.6. The number of primary amides is 2. The van der Waals surface area contributed by atoms with Crippen molar-refractivity contribution in [3.05, 3.63) is 201 Å². The molecule has 0 aromatic heterocycles. The zero-order valence-electron chi connectivity index (χ0n) is 77.5. The molecule has 21 N–H and O–H groups in total. The number of nitrogens with one attached hydrogen (secondary N) is 5. The van der Waals surface area contributed by atoms with E-state index in [0.29, 0.717) is 50.1 Å². The van der Waals surface area contributed by atoms with Gasteiger partial charge in [0.25, 0.3) is 0 Å². The van der Waals surface area contributed by atoms with E-state index < -0.39 is 170 Å². The maximum atomic E-state index is 14.7. The van der Waals surface area contributed by atoms with Crippen LogP contribution in [0.15, 0.2) is 156 Å². The molecule has 0 fully saturated rings. The van der Waals surface area contributed by atoms with Crippen molar-refractivity contribution in [3.63, 3.8) is 0 Å². The molecule has 0 heterocycles. The van der Waals surface area contributed by atoms with E-state index in [0.717, 1.165) is 5.56 Å². The van der Waals surface area contributed by atoms with Gasteiger partial charge in [0, 0.05) is 82.8 Å². The van der Waals surface area contributed by atoms with Crippen molar-refractivity contribution in [2.45, 2.75) is 207 Å². The van der Waals surface area contributed by atoms with Crippen LogP contribution in [-0.2, 0) is 91.5 Å². The first kappa shape index (κ1) is 92.4. The number of carbonyl (C=O) groups excluding carboxylic acids is 11. The average molecular weight is 1710 g/mol. The van der Waals surface area contributed by atoms with Gasteiger partial charge in [-0.1, -0.05) is 121 Å². The van der Waals surface area contributed by atoms with Crippen molar-refractivity contribution in [1.82, 2.24) is 26.6 Å². The third-order valence-electron chi connectivity index (χ3n) is 19.2. The van der Waals surface area contributed by atoms with Crippen LogP contribution in [0.3, 0.4) is 0 Å². The van der Waals surface area contributed by atoms with Crippen molar-refractivity contribution >= 4 is 104 Å². The topological polar surface area (TPSA) is 523 Å². The number of hydrogen-bond acceptors (Lipinski definition) is 20. The molecule has 3 radical (unpaired) electrons. The fraction of sp³-hybridized carbons (Fsp3) is 0.449. The number of carbonyl (C=O) groups is 11. The molecular weight excluding hydrogens is 1570 g/mol. The molecule has 0 unspecified atom stereocenters. The Bertz CT molecular complexity index is 4680. The van der Waals surface area contributed by atoms with Gasteiger partial charge in [-0.25, -0.2) is 14.4 Å². The SMILES string of the molecule is [2H]C([2H])(CCC[C@]([2H])(NC(=O)[C@@H](CC(=O)[C@@H](CCCN=C(N)N)NC(=O)OCc1ccccc1)Cc1c(C)cc(O)cc1C)C(=O)C[C@@H](Cc1ccccc1)C(N)=O)NC(=O)OC(C)(C)C.[2H]C([2H])(N)CCC[C@]([2H])(NC(=O)[C@@H](CC(=O)[C@@H](CCCN=C(N)N)NC(=O)OCc1ccccc1)Cc1c(C)cc(O)cc1C)C(=O)C[C@@H](Cc1ccccc1)C(N)=O.[3H][B].[B]=S. The predicted octanol–water partition coefficient (Wildman–Crippen LogP) is 7.97. The average Bonchev–Trinajstić information content (AvgIpc) is 0.811. The van der Waals surface area contributed by atoms with Gasteiger partial charge in [0.2, 0.25) is 23.6 Å². The molecule has 6 rings (SSSR count). The number of benzene rings is 6. The molecule has 0 saturated heterocycles. The normalized spacial score (nSPS) is 14.3. The van der Waals surface area contributed by atoms with Gasteiger partial charge in [-0.3, -0.25) is 48.3 Å². The number of alkyl carbamates (subject to hydrolysis) is 3. The summed E-state index contributed by atoms with van der Waals surface area (Å²) in [5, 5.41) is 33.0. The quantitative estimate of drug-likeness (QED) is 0.00566. The molecule has 0 aliphatic heterocycles. The van der Waals surface area contributed by atoms with Gasteiger partial charge in [-0.05, 0) is 226 Å². The van der Waals surface area contributed by atoms with Crippen molar-refractivity contribution in [1.29, 1.82) is 1.34 Å². The van der Waals surface area contributed by atoms with Gasteiger partial charge >= 0.3 is 37.1 Å². The number of phenolic OH excluding ortho intramolecular Hbond substituents is 2. The Labute approximate surface area is 733 Å². The molecule has 8 atom stereocenters. The van der Waals surface area contributed by atoms with E-state index in [2.05, 4.69) is 63.7 Å². The Balaban J connectivity index is 0.000000644. The Morgan fingerprint density at radius 2 is 0.795 bits per heavy atom. The van der Waals surface area contributed by atoms with E-state index in [1.165, 1.54) is 24.3 Å². The summed E-state index contributed by atoms with van der Waals surface area (Å²) in [6, 6.07) is 34.2. The number of amides is 7. The number of phenols is 2. The van der Waals surface area contributed by atoms with Crippen LogP contribution in [0, 0.1) is 51.4 Å². The van der Waals surface area contributed by atoms with Crippen LogP contribution in [0.2, 0.25) is 0 Å². The zero-order valence-corrected chi connectivity index (χ0v) is 71.3. The number of nitrogens with two attached hydrogens (primary N) is 7. The van der Waals surface area contributed by atoms with E-state index in [9.17, 15) is 65.7 Å². The molecule has 0 saturated carbocycles. The van der Waals surface area contributed by atoms with Crippen molar-refractivity contribution in [3.8, 4) is 11.5 Å². The van der Waals surface area contributed by atoms with E-state index in [-0.39, 0.29) is 127 Å². The van der Waals surface area contributed by atoms with Crippen LogP contribution in [0.5, 0.6) is 11.5 Å². The molecular formula is C89H123B2N14O16S. The molecule has 0 spiro atoms. The molecule has 122 heavy (non-hydrogen) atoms. The summed E-state index contributed by atoms with van der Waals surface area (Å²) in [5.41, 5.74) is 44.5. The number of aromatic hydroxyl groups is 2. The van der Waals surface area contributed by atoms with Crippen molar-refractivity contribution in [2.75, 3.05) is 26.1 Å². The number of Topliss-reactive ketones (excluding diaryl/α,β-unsaturated/α-hetero) is 4. The molecule has 33 heteroatoms. The summed E-state index contributed by atoms with van der Waals surface area (Å²) in [5.74, 6) is -11.2. The molecule has 657 valence electrons. The van der Waals surface area contributed by atoms with Gasteiger partial charge in [0.15, 0.2) is 35.1 Å². The molecule has 7 amide bonds. The Kier molecular flexibility index (Phi) is 42.3. The molecule has 6 aromatic carbocycles. The van der Waals surface area contributed by atoms with E-state index >= 15 is 0 Å². The summed E-state index contributed by atoms with van der Waals surface area (Å²) in [6.07, 6.45) is -6.11. The first-order valence-corrected chi connectivity index (χ1v) is 40.2. The predicted molar refractivity (Wildman–Crippen MR) is 476 cm³/mol. The van der Waals surface area contributed by atoms with Gasteiger partial charge in [0.05, 0.1) is 26.9 Å². The Hall–Kier alpha value is -11.9. The number of ketones is 4.